The van der Waals surface area contributed by atoms with E-state index in [1.807, 2.05) is 43.3 Å². The van der Waals surface area contributed by atoms with Gasteiger partial charge in [-0.2, -0.15) is 0 Å². The number of rotatable bonds is 10. The van der Waals surface area contributed by atoms with Gasteiger partial charge in [-0.05, 0) is 44.1 Å². The summed E-state index contributed by atoms with van der Waals surface area (Å²) in [6.07, 6.45) is 9.59. The van der Waals surface area contributed by atoms with E-state index in [9.17, 15) is 4.79 Å². The molecule has 1 saturated carbocycles. The molecule has 0 spiro atoms. The zero-order chi connectivity index (χ0) is 20.2. The quantitative estimate of drug-likeness (QED) is 0.192. The lowest BCUT2D eigenvalue weighted by atomic mass is 10.0. The van der Waals surface area contributed by atoms with E-state index in [1.54, 1.807) is 7.05 Å². The smallest absolute Gasteiger partial charge is 0.238 e. The van der Waals surface area contributed by atoms with E-state index in [4.69, 9.17) is 0 Å². The van der Waals surface area contributed by atoms with Gasteiger partial charge in [0, 0.05) is 25.8 Å². The zero-order valence-electron chi connectivity index (χ0n) is 18.2. The van der Waals surface area contributed by atoms with Crippen LogP contribution in [0.5, 0.6) is 0 Å². The molecule has 0 bridgehead atoms. The molecule has 1 aromatic carbocycles. The molecule has 0 unspecified atom stereocenters. The van der Waals surface area contributed by atoms with E-state index < -0.39 is 0 Å². The number of hydrogen-bond donors (Lipinski definition) is 3. The third-order valence-electron chi connectivity index (χ3n) is 5.16. The van der Waals surface area contributed by atoms with Crippen molar-refractivity contribution in [1.29, 1.82) is 0 Å². The monoisotopic (exact) mass is 515 g/mol. The second kappa shape index (κ2) is 14.6. The van der Waals surface area contributed by atoms with Crippen LogP contribution < -0.4 is 16.0 Å². The fourth-order valence-corrected chi connectivity index (χ4v) is 3.72. The van der Waals surface area contributed by atoms with Crippen LogP contribution in [0.1, 0.15) is 50.5 Å². The molecule has 2 rings (SSSR count). The van der Waals surface area contributed by atoms with E-state index in [2.05, 4.69) is 20.9 Å². The summed E-state index contributed by atoms with van der Waals surface area (Å²) in [5.74, 6) is 1.79. The van der Waals surface area contributed by atoms with E-state index in [0.717, 1.165) is 29.7 Å². The highest BCUT2D eigenvalue weighted by Crippen LogP contribution is 2.28. The topological polar surface area (TPSA) is 68.8 Å². The first-order valence-electron chi connectivity index (χ1n) is 10.5. The molecule has 0 radical (unpaired) electrons. The second-order valence-corrected chi connectivity index (χ2v) is 7.99. The van der Waals surface area contributed by atoms with E-state index in [0.29, 0.717) is 13.1 Å². The molecule has 1 aliphatic carbocycles. The highest BCUT2D eigenvalue weighted by atomic mass is 127. The molecule has 164 valence electrons. The van der Waals surface area contributed by atoms with Gasteiger partial charge in [0.25, 0.3) is 0 Å². The summed E-state index contributed by atoms with van der Waals surface area (Å²) in [5, 5.41) is 9.68. The summed E-state index contributed by atoms with van der Waals surface area (Å²) in [4.78, 5) is 18.1. The second-order valence-electron chi connectivity index (χ2n) is 7.99. The van der Waals surface area contributed by atoms with Crippen LogP contribution in [0, 0.1) is 5.92 Å². The lowest BCUT2D eigenvalue weighted by Gasteiger charge is -2.14. The van der Waals surface area contributed by atoms with Crippen molar-refractivity contribution in [3.63, 3.8) is 0 Å². The lowest BCUT2D eigenvalue weighted by Crippen LogP contribution is -2.37. The molecule has 0 saturated heterocycles. The number of nitrogens with zero attached hydrogens (tertiary/aromatic N) is 2. The summed E-state index contributed by atoms with van der Waals surface area (Å²) in [6, 6.07) is 7.91. The summed E-state index contributed by atoms with van der Waals surface area (Å²) >= 11 is 0. The van der Waals surface area contributed by atoms with Crippen LogP contribution in [0.15, 0.2) is 29.3 Å². The van der Waals surface area contributed by atoms with Crippen molar-refractivity contribution in [3.8, 4) is 0 Å². The summed E-state index contributed by atoms with van der Waals surface area (Å²) in [7, 11) is 5.56. The Balaban J connectivity index is 0.00000420. The molecule has 1 aromatic rings. The molecular formula is C22H38IN5O. The van der Waals surface area contributed by atoms with Crippen molar-refractivity contribution in [2.45, 2.75) is 51.5 Å². The van der Waals surface area contributed by atoms with Crippen molar-refractivity contribution in [1.82, 2.24) is 15.5 Å². The maximum atomic E-state index is 11.9. The minimum absolute atomic E-state index is 0. The molecule has 3 N–H and O–H groups in total. The summed E-state index contributed by atoms with van der Waals surface area (Å²) < 4.78 is 0. The number of carbonyl (C=O) groups is 1. The van der Waals surface area contributed by atoms with Gasteiger partial charge in [0.15, 0.2) is 5.96 Å². The number of anilines is 1. The Kier molecular flexibility index (Phi) is 12.9. The van der Waals surface area contributed by atoms with Crippen molar-refractivity contribution < 1.29 is 4.79 Å². The first kappa shape index (κ1) is 25.7. The maximum Gasteiger partial charge on any atom is 0.238 e. The number of guanidine groups is 1. The van der Waals surface area contributed by atoms with Crippen molar-refractivity contribution in [3.05, 3.63) is 29.8 Å². The molecule has 7 heteroatoms. The molecule has 1 amide bonds. The van der Waals surface area contributed by atoms with Gasteiger partial charge in [0.05, 0.1) is 6.54 Å². The van der Waals surface area contributed by atoms with Crippen LogP contribution >= 0.6 is 24.0 Å². The molecule has 0 heterocycles. The normalized spacial score (nSPS) is 14.6. The number of hydrogen-bond acceptors (Lipinski definition) is 3. The lowest BCUT2D eigenvalue weighted by molar-refractivity contribution is -0.116. The zero-order valence-corrected chi connectivity index (χ0v) is 20.5. The average Bonchev–Trinajstić information content (AvgIpc) is 3.17. The van der Waals surface area contributed by atoms with Crippen LogP contribution in [0.4, 0.5) is 5.69 Å². The molecule has 1 fully saturated rings. The largest absolute Gasteiger partial charge is 0.356 e. The SMILES string of the molecule is CN=C(NCCCCC1CCCC1)NCc1cccc(NC(=O)CN(C)C)c1.I. The average molecular weight is 515 g/mol. The first-order valence-corrected chi connectivity index (χ1v) is 10.5. The summed E-state index contributed by atoms with van der Waals surface area (Å²) in [5.41, 5.74) is 1.92. The number of carbonyl (C=O) groups excluding carboxylic acids is 1. The Labute approximate surface area is 193 Å². The molecule has 29 heavy (non-hydrogen) atoms. The Morgan fingerprint density at radius 3 is 2.62 bits per heavy atom. The number of nitrogens with one attached hydrogen (secondary N) is 3. The van der Waals surface area contributed by atoms with Crippen LogP contribution in [0.25, 0.3) is 0 Å². The van der Waals surface area contributed by atoms with Gasteiger partial charge in [-0.15, -0.1) is 24.0 Å². The Morgan fingerprint density at radius 1 is 1.17 bits per heavy atom. The van der Waals surface area contributed by atoms with Gasteiger partial charge in [-0.1, -0.05) is 50.7 Å². The van der Waals surface area contributed by atoms with Gasteiger partial charge < -0.3 is 20.9 Å². The third-order valence-corrected chi connectivity index (χ3v) is 5.16. The first-order chi connectivity index (χ1) is 13.6. The van der Waals surface area contributed by atoms with E-state index >= 15 is 0 Å². The number of halogens is 1. The molecule has 0 atom stereocenters. The number of benzene rings is 1. The highest BCUT2D eigenvalue weighted by Gasteiger charge is 2.13. The molecular weight excluding hydrogens is 477 g/mol. The van der Waals surface area contributed by atoms with Gasteiger partial charge in [0.2, 0.25) is 5.91 Å². The number of unbranched alkanes of at least 4 members (excludes halogenated alkanes) is 1. The van der Waals surface area contributed by atoms with Crippen molar-refractivity contribution in [2.75, 3.05) is 39.5 Å². The Bertz CT molecular complexity index is 629. The van der Waals surface area contributed by atoms with Gasteiger partial charge in [0.1, 0.15) is 0 Å². The van der Waals surface area contributed by atoms with Gasteiger partial charge in [-0.25, -0.2) is 0 Å². The highest BCUT2D eigenvalue weighted by molar-refractivity contribution is 14.0. The Hall–Kier alpha value is -1.35. The van der Waals surface area contributed by atoms with Crippen molar-refractivity contribution in [2.24, 2.45) is 10.9 Å². The fourth-order valence-electron chi connectivity index (χ4n) is 3.72. The fraction of sp³-hybridized carbons (Fsp3) is 0.636. The van der Waals surface area contributed by atoms with Crippen LogP contribution in [0.2, 0.25) is 0 Å². The predicted octanol–water partition coefficient (Wildman–Crippen LogP) is 3.83. The van der Waals surface area contributed by atoms with E-state index in [1.165, 1.54) is 44.9 Å². The minimum Gasteiger partial charge on any atom is -0.356 e. The molecule has 0 aliphatic heterocycles. The minimum atomic E-state index is -0.00908. The predicted molar refractivity (Wildman–Crippen MR) is 133 cm³/mol. The summed E-state index contributed by atoms with van der Waals surface area (Å²) in [6.45, 7) is 1.99. The van der Waals surface area contributed by atoms with Crippen LogP contribution in [0.3, 0.4) is 0 Å². The van der Waals surface area contributed by atoms with E-state index in [-0.39, 0.29) is 29.9 Å². The van der Waals surface area contributed by atoms with Gasteiger partial charge in [-0.3, -0.25) is 9.79 Å². The van der Waals surface area contributed by atoms with Crippen molar-refractivity contribution >= 4 is 41.5 Å². The molecule has 6 nitrogen and oxygen atoms in total. The third kappa shape index (κ3) is 10.8. The molecule has 0 aromatic heterocycles. The number of likely N-dealkylation sites (N-methyl/N-ethyl adjacent to an activating group) is 1. The van der Waals surface area contributed by atoms with Gasteiger partial charge >= 0.3 is 0 Å². The van der Waals surface area contributed by atoms with Crippen LogP contribution in [-0.4, -0.2) is 51.0 Å². The standard InChI is InChI=1S/C22H37N5O.HI/c1-23-22(24-14-7-6-11-18-9-4-5-10-18)25-16-19-12-8-13-20(15-19)26-21(28)17-27(2)3;/h8,12-13,15,18H,4-7,9-11,14,16-17H2,1-3H3,(H,26,28)(H2,23,24,25);1H. The Morgan fingerprint density at radius 2 is 1.93 bits per heavy atom. The number of aliphatic imine (C=N–C) groups is 1. The number of amides is 1. The van der Waals surface area contributed by atoms with Crippen LogP contribution in [-0.2, 0) is 11.3 Å². The maximum absolute atomic E-state index is 11.9. The molecule has 1 aliphatic rings.